The van der Waals surface area contributed by atoms with E-state index >= 15 is 0 Å². The largest absolute Gasteiger partial charge is 0.497 e. The molecule has 4 aromatic rings. The number of Topliss-reactive ketones (excluding diaryl/α,β-unsaturated/α-hetero) is 1. The Labute approximate surface area is 187 Å². The summed E-state index contributed by atoms with van der Waals surface area (Å²) < 4.78 is 11.3. The molecule has 0 atom stereocenters. The molecule has 0 unspecified atom stereocenters. The number of carbonyl (C=O) groups is 2. The number of nitrogens with zero attached hydrogens (tertiary/aromatic N) is 1. The second-order valence-electron chi connectivity index (χ2n) is 6.81. The Morgan fingerprint density at radius 2 is 1.68 bits per heavy atom. The topological polar surface area (TPSA) is 65.5 Å². The molecule has 31 heavy (non-hydrogen) atoms. The summed E-state index contributed by atoms with van der Waals surface area (Å²) in [4.78, 5) is 30.1. The highest BCUT2D eigenvalue weighted by molar-refractivity contribution is 9.10. The zero-order chi connectivity index (χ0) is 21.8. The number of aromatic nitrogens is 1. The number of hydrogen-bond acceptors (Lipinski definition) is 5. The van der Waals surface area contributed by atoms with Crippen molar-refractivity contribution in [2.45, 2.75) is 0 Å². The van der Waals surface area contributed by atoms with Crippen LogP contribution in [0.2, 0.25) is 0 Å². The minimum Gasteiger partial charge on any atom is -0.497 e. The predicted octanol–water partition coefficient (Wildman–Crippen LogP) is 5.71. The van der Waals surface area contributed by atoms with Crippen molar-refractivity contribution in [2.75, 3.05) is 13.7 Å². The van der Waals surface area contributed by atoms with Gasteiger partial charge in [0.15, 0.2) is 12.4 Å². The van der Waals surface area contributed by atoms with Crippen LogP contribution < -0.4 is 4.74 Å². The summed E-state index contributed by atoms with van der Waals surface area (Å²) in [5.41, 5.74) is 3.01. The molecule has 0 bridgehead atoms. The van der Waals surface area contributed by atoms with Gasteiger partial charge in [-0.1, -0.05) is 46.3 Å². The highest BCUT2D eigenvalue weighted by atomic mass is 79.9. The number of ether oxygens (including phenoxy) is 2. The van der Waals surface area contributed by atoms with E-state index in [0.29, 0.717) is 33.5 Å². The van der Waals surface area contributed by atoms with Gasteiger partial charge in [0, 0.05) is 21.0 Å². The Hall–Kier alpha value is -3.51. The maximum absolute atomic E-state index is 13.0. The van der Waals surface area contributed by atoms with Crippen molar-refractivity contribution in [3.63, 3.8) is 0 Å². The van der Waals surface area contributed by atoms with Crippen molar-refractivity contribution in [3.8, 4) is 17.0 Å². The minimum absolute atomic E-state index is 0.293. The lowest BCUT2D eigenvalue weighted by atomic mass is 10.0. The summed E-state index contributed by atoms with van der Waals surface area (Å²) in [6.45, 7) is -0.357. The van der Waals surface area contributed by atoms with Crippen molar-refractivity contribution in [1.29, 1.82) is 0 Å². The average Bonchev–Trinajstić information content (AvgIpc) is 2.82. The first kappa shape index (κ1) is 20.8. The van der Waals surface area contributed by atoms with Crippen LogP contribution in [-0.4, -0.2) is 30.5 Å². The molecular formula is C25H18BrNO4. The summed E-state index contributed by atoms with van der Waals surface area (Å²) in [7, 11) is 1.56. The molecule has 0 amide bonds. The lowest BCUT2D eigenvalue weighted by Gasteiger charge is -2.10. The molecule has 0 N–H and O–H groups in total. The summed E-state index contributed by atoms with van der Waals surface area (Å²) in [5.74, 6) is -0.223. The summed E-state index contributed by atoms with van der Waals surface area (Å²) in [6.07, 6.45) is 0. The normalized spacial score (nSPS) is 10.6. The van der Waals surface area contributed by atoms with Gasteiger partial charge in [0.1, 0.15) is 5.75 Å². The van der Waals surface area contributed by atoms with E-state index in [1.165, 1.54) is 0 Å². The molecule has 0 aliphatic heterocycles. The van der Waals surface area contributed by atoms with Crippen LogP contribution in [0.5, 0.6) is 5.75 Å². The molecule has 0 saturated carbocycles. The van der Waals surface area contributed by atoms with Gasteiger partial charge < -0.3 is 9.47 Å². The van der Waals surface area contributed by atoms with Crippen molar-refractivity contribution in [1.82, 2.24) is 4.98 Å². The van der Waals surface area contributed by atoms with Gasteiger partial charge in [0.2, 0.25) is 0 Å². The second kappa shape index (κ2) is 9.10. The fraction of sp³-hybridized carbons (Fsp3) is 0.0800. The standard InChI is InChI=1S/C25H18BrNO4/c1-30-19-10-7-17(8-11-19)24(28)15-31-25(29)21-14-23(16-5-3-2-4-6-16)27-22-12-9-18(26)13-20(21)22/h2-14H,15H2,1H3. The number of ketones is 1. The Balaban J connectivity index is 1.63. The van der Waals surface area contributed by atoms with Crippen LogP contribution in [-0.2, 0) is 4.74 Å². The van der Waals surface area contributed by atoms with Crippen LogP contribution in [0.4, 0.5) is 0 Å². The smallest absolute Gasteiger partial charge is 0.339 e. The molecule has 5 nitrogen and oxygen atoms in total. The zero-order valence-corrected chi connectivity index (χ0v) is 18.3. The average molecular weight is 476 g/mol. The molecule has 4 rings (SSSR count). The first-order valence-electron chi connectivity index (χ1n) is 9.55. The maximum atomic E-state index is 13.0. The second-order valence-corrected chi connectivity index (χ2v) is 7.73. The fourth-order valence-corrected chi connectivity index (χ4v) is 3.55. The number of pyridine rings is 1. The van der Waals surface area contributed by atoms with E-state index in [0.717, 1.165) is 10.0 Å². The van der Waals surface area contributed by atoms with Gasteiger partial charge in [-0.2, -0.15) is 0 Å². The van der Waals surface area contributed by atoms with E-state index in [2.05, 4.69) is 20.9 Å². The monoisotopic (exact) mass is 475 g/mol. The number of benzene rings is 3. The van der Waals surface area contributed by atoms with Gasteiger partial charge in [-0.3, -0.25) is 4.79 Å². The molecular weight excluding hydrogens is 458 g/mol. The maximum Gasteiger partial charge on any atom is 0.339 e. The molecule has 0 fully saturated rings. The SMILES string of the molecule is COc1ccc(C(=O)COC(=O)c2cc(-c3ccccc3)nc3ccc(Br)cc23)cc1. The Bertz CT molecular complexity index is 1250. The fourth-order valence-electron chi connectivity index (χ4n) is 3.19. The van der Waals surface area contributed by atoms with Crippen molar-refractivity contribution >= 4 is 38.6 Å². The van der Waals surface area contributed by atoms with E-state index in [9.17, 15) is 9.59 Å². The van der Waals surface area contributed by atoms with E-state index in [1.54, 1.807) is 37.4 Å². The van der Waals surface area contributed by atoms with Crippen molar-refractivity contribution in [2.24, 2.45) is 0 Å². The Kier molecular flexibility index (Phi) is 6.09. The molecule has 0 spiro atoms. The molecule has 1 heterocycles. The molecule has 0 saturated heterocycles. The third-order valence-corrected chi connectivity index (χ3v) is 5.30. The molecule has 154 valence electrons. The van der Waals surface area contributed by atoms with E-state index in [-0.39, 0.29) is 12.4 Å². The number of halogens is 1. The van der Waals surface area contributed by atoms with Gasteiger partial charge in [-0.15, -0.1) is 0 Å². The first-order valence-corrected chi connectivity index (χ1v) is 10.3. The number of hydrogen-bond donors (Lipinski definition) is 0. The van der Waals surface area contributed by atoms with E-state index < -0.39 is 5.97 Å². The Morgan fingerprint density at radius 3 is 2.39 bits per heavy atom. The van der Waals surface area contributed by atoms with Gasteiger partial charge in [-0.25, -0.2) is 9.78 Å². The number of methoxy groups -OCH3 is 1. The highest BCUT2D eigenvalue weighted by Crippen LogP contribution is 2.27. The molecule has 0 aliphatic carbocycles. The van der Waals surface area contributed by atoms with Crippen LogP contribution in [0.15, 0.2) is 83.3 Å². The number of rotatable bonds is 6. The third kappa shape index (κ3) is 4.64. The van der Waals surface area contributed by atoms with Gasteiger partial charge >= 0.3 is 5.97 Å². The van der Waals surface area contributed by atoms with Crippen LogP contribution in [0.1, 0.15) is 20.7 Å². The number of esters is 1. The number of fused-ring (bicyclic) bond motifs is 1. The lowest BCUT2D eigenvalue weighted by Crippen LogP contribution is -2.15. The van der Waals surface area contributed by atoms with Crippen LogP contribution in [0, 0.1) is 0 Å². The molecule has 0 aliphatic rings. The quantitative estimate of drug-likeness (QED) is 0.263. The van der Waals surface area contributed by atoms with Crippen molar-refractivity contribution in [3.05, 3.63) is 94.5 Å². The predicted molar refractivity (Wildman–Crippen MR) is 122 cm³/mol. The summed E-state index contributed by atoms with van der Waals surface area (Å²) in [6, 6.07) is 23.5. The van der Waals surface area contributed by atoms with Crippen LogP contribution >= 0.6 is 15.9 Å². The van der Waals surface area contributed by atoms with E-state index in [1.807, 2.05) is 48.5 Å². The summed E-state index contributed by atoms with van der Waals surface area (Å²) in [5, 5.41) is 0.649. The van der Waals surface area contributed by atoms with Crippen molar-refractivity contribution < 1.29 is 19.1 Å². The van der Waals surface area contributed by atoms with E-state index in [4.69, 9.17) is 9.47 Å². The van der Waals surface area contributed by atoms with Gasteiger partial charge in [0.25, 0.3) is 0 Å². The molecule has 0 radical (unpaired) electrons. The molecule has 1 aromatic heterocycles. The van der Waals surface area contributed by atoms with Gasteiger partial charge in [0.05, 0.1) is 23.9 Å². The summed E-state index contributed by atoms with van der Waals surface area (Å²) >= 11 is 3.44. The zero-order valence-electron chi connectivity index (χ0n) is 16.7. The highest BCUT2D eigenvalue weighted by Gasteiger charge is 2.17. The Morgan fingerprint density at radius 1 is 0.935 bits per heavy atom. The van der Waals surface area contributed by atoms with Gasteiger partial charge in [-0.05, 0) is 48.5 Å². The minimum atomic E-state index is -0.579. The number of carbonyl (C=O) groups excluding carboxylic acids is 2. The lowest BCUT2D eigenvalue weighted by molar-refractivity contribution is 0.0476. The molecule has 3 aromatic carbocycles. The third-order valence-electron chi connectivity index (χ3n) is 4.81. The molecule has 6 heteroatoms. The van der Waals surface area contributed by atoms with Crippen LogP contribution in [0.3, 0.4) is 0 Å². The first-order chi connectivity index (χ1) is 15.0. The van der Waals surface area contributed by atoms with Crippen LogP contribution in [0.25, 0.3) is 22.2 Å².